The van der Waals surface area contributed by atoms with Gasteiger partial charge in [-0.1, -0.05) is 63.8 Å². The zero-order valence-electron chi connectivity index (χ0n) is 22.4. The van der Waals surface area contributed by atoms with Gasteiger partial charge in [-0.3, -0.25) is 9.51 Å². The van der Waals surface area contributed by atoms with E-state index in [4.69, 9.17) is 32.5 Å². The molecule has 1 saturated carbocycles. The van der Waals surface area contributed by atoms with Gasteiger partial charge >= 0.3 is 5.76 Å². The summed E-state index contributed by atoms with van der Waals surface area (Å²) in [5, 5.41) is 9.17. The summed E-state index contributed by atoms with van der Waals surface area (Å²) in [6.45, 7) is 1.97. The summed E-state index contributed by atoms with van der Waals surface area (Å²) in [6, 6.07) is 13.0. The standard InChI is InChI=1S/C30H26Cl2N6O4/c31-23-2-1-3-24(32)25(23)26-22(27(41-36-26)18-6-7-18)16-40-21-10-12-38(13-11-21)29-33-14-20(15-34-29)17-4-8-19(9-5-17)28-35-30(39)42-37-28/h1-5,8-9,14-15,18,21H,6-7,10-13,16H2,(H,35,37,39). The van der Waals surface area contributed by atoms with Crippen LogP contribution in [-0.4, -0.2) is 44.5 Å². The predicted octanol–water partition coefficient (Wildman–Crippen LogP) is 6.51. The van der Waals surface area contributed by atoms with Crippen molar-refractivity contribution in [3.63, 3.8) is 0 Å². The molecule has 1 aliphatic heterocycles. The molecular weight excluding hydrogens is 579 g/mol. The highest BCUT2D eigenvalue weighted by Gasteiger charge is 2.34. The van der Waals surface area contributed by atoms with E-state index >= 15 is 0 Å². The third-order valence-corrected chi connectivity index (χ3v) is 8.35. The Morgan fingerprint density at radius 3 is 2.21 bits per heavy atom. The highest BCUT2D eigenvalue weighted by Crippen LogP contribution is 2.46. The van der Waals surface area contributed by atoms with Gasteiger partial charge in [0.2, 0.25) is 5.95 Å². The number of halogens is 2. The SMILES string of the molecule is O=c1[nH]c(-c2ccc(-c3cnc(N4CCC(OCc5c(-c6c(Cl)cccc6Cl)noc5C5CC5)CC4)nc3)cc2)no1. The van der Waals surface area contributed by atoms with Gasteiger partial charge in [-0.25, -0.2) is 14.8 Å². The molecule has 10 nitrogen and oxygen atoms in total. The zero-order chi connectivity index (χ0) is 28.6. The van der Waals surface area contributed by atoms with Crippen LogP contribution in [0.15, 0.2) is 68.7 Å². The lowest BCUT2D eigenvalue weighted by atomic mass is 10.0. The minimum atomic E-state index is -0.584. The van der Waals surface area contributed by atoms with Gasteiger partial charge in [-0.05, 0) is 43.4 Å². The Morgan fingerprint density at radius 1 is 0.881 bits per heavy atom. The van der Waals surface area contributed by atoms with E-state index in [2.05, 4.69) is 34.7 Å². The molecule has 2 fully saturated rings. The normalized spacial score (nSPS) is 15.8. The maximum atomic E-state index is 11.2. The molecule has 5 aromatic rings. The number of aromatic nitrogens is 5. The molecule has 1 N–H and O–H groups in total. The van der Waals surface area contributed by atoms with Crippen LogP contribution in [0.2, 0.25) is 10.0 Å². The molecule has 0 unspecified atom stereocenters. The monoisotopic (exact) mass is 604 g/mol. The van der Waals surface area contributed by atoms with Gasteiger partial charge in [0.25, 0.3) is 0 Å². The number of piperidine rings is 1. The molecule has 0 bridgehead atoms. The second-order valence-corrected chi connectivity index (χ2v) is 11.3. The van der Waals surface area contributed by atoms with Crippen molar-refractivity contribution in [3.8, 4) is 33.8 Å². The Bertz CT molecular complexity index is 1730. The van der Waals surface area contributed by atoms with Crippen molar-refractivity contribution >= 4 is 29.2 Å². The number of benzene rings is 2. The Hall–Kier alpha value is -3.99. The van der Waals surface area contributed by atoms with Crippen LogP contribution in [0.25, 0.3) is 33.8 Å². The van der Waals surface area contributed by atoms with E-state index in [9.17, 15) is 4.79 Å². The van der Waals surface area contributed by atoms with Gasteiger partial charge in [-0.15, -0.1) is 0 Å². The second kappa shape index (κ2) is 11.4. The molecule has 42 heavy (non-hydrogen) atoms. The molecule has 214 valence electrons. The minimum absolute atomic E-state index is 0.0928. The Labute approximate surface area is 250 Å². The van der Waals surface area contributed by atoms with Crippen molar-refractivity contribution in [1.82, 2.24) is 25.3 Å². The van der Waals surface area contributed by atoms with Crippen LogP contribution in [-0.2, 0) is 11.3 Å². The number of nitrogens with one attached hydrogen (secondary N) is 1. The molecule has 0 spiro atoms. The van der Waals surface area contributed by atoms with Crippen LogP contribution in [0.4, 0.5) is 5.95 Å². The summed E-state index contributed by atoms with van der Waals surface area (Å²) >= 11 is 13.0. The van der Waals surface area contributed by atoms with Crippen molar-refractivity contribution in [2.75, 3.05) is 18.0 Å². The van der Waals surface area contributed by atoms with E-state index in [1.165, 1.54) is 0 Å². The van der Waals surface area contributed by atoms with Gasteiger partial charge in [0.15, 0.2) is 5.82 Å². The Morgan fingerprint density at radius 2 is 1.57 bits per heavy atom. The zero-order valence-corrected chi connectivity index (χ0v) is 23.9. The summed E-state index contributed by atoms with van der Waals surface area (Å²) in [4.78, 5) is 25.2. The first kappa shape index (κ1) is 26.9. The molecule has 1 saturated heterocycles. The quantitative estimate of drug-likeness (QED) is 0.211. The lowest BCUT2D eigenvalue weighted by Crippen LogP contribution is -2.38. The molecule has 7 rings (SSSR count). The van der Waals surface area contributed by atoms with Gasteiger partial charge in [0.1, 0.15) is 11.5 Å². The number of rotatable bonds is 8. The number of hydrogen-bond donors (Lipinski definition) is 1. The van der Waals surface area contributed by atoms with Crippen molar-refractivity contribution in [2.24, 2.45) is 0 Å². The largest absolute Gasteiger partial charge is 0.439 e. The van der Waals surface area contributed by atoms with Crippen LogP contribution >= 0.6 is 23.2 Å². The number of H-pyrrole nitrogens is 1. The van der Waals surface area contributed by atoms with E-state index in [1.54, 1.807) is 0 Å². The summed E-state index contributed by atoms with van der Waals surface area (Å²) in [6.07, 6.45) is 7.62. The fourth-order valence-electron chi connectivity index (χ4n) is 5.28. The van der Waals surface area contributed by atoms with Crippen LogP contribution in [0, 0.1) is 0 Å². The molecular formula is C30H26Cl2N6O4. The van der Waals surface area contributed by atoms with Gasteiger partial charge in [0, 0.05) is 53.7 Å². The molecule has 0 amide bonds. The molecule has 4 heterocycles. The van der Waals surface area contributed by atoms with E-state index < -0.39 is 5.76 Å². The van der Waals surface area contributed by atoms with E-state index in [1.807, 2.05) is 54.9 Å². The molecule has 2 aliphatic rings. The highest BCUT2D eigenvalue weighted by molar-refractivity contribution is 6.39. The lowest BCUT2D eigenvalue weighted by molar-refractivity contribution is 0.0245. The molecule has 2 aromatic carbocycles. The summed E-state index contributed by atoms with van der Waals surface area (Å²) < 4.78 is 16.8. The van der Waals surface area contributed by atoms with E-state index in [-0.39, 0.29) is 6.10 Å². The number of aromatic amines is 1. The maximum absolute atomic E-state index is 11.2. The maximum Gasteiger partial charge on any atom is 0.439 e. The summed E-state index contributed by atoms with van der Waals surface area (Å²) in [7, 11) is 0. The van der Waals surface area contributed by atoms with Crippen molar-refractivity contribution < 1.29 is 13.8 Å². The molecule has 12 heteroatoms. The average Bonchev–Trinajstić information content (AvgIpc) is 3.64. The van der Waals surface area contributed by atoms with E-state index in [0.29, 0.717) is 45.6 Å². The first-order valence-corrected chi connectivity index (χ1v) is 14.6. The summed E-state index contributed by atoms with van der Waals surface area (Å²) in [5.41, 5.74) is 4.90. The van der Waals surface area contributed by atoms with Crippen molar-refractivity contribution in [2.45, 2.75) is 44.3 Å². The third kappa shape index (κ3) is 5.45. The van der Waals surface area contributed by atoms with Crippen LogP contribution < -0.4 is 10.7 Å². The van der Waals surface area contributed by atoms with E-state index in [0.717, 1.165) is 66.8 Å². The highest BCUT2D eigenvalue weighted by atomic mass is 35.5. The number of anilines is 1. The predicted molar refractivity (Wildman–Crippen MR) is 158 cm³/mol. The Kier molecular flexibility index (Phi) is 7.27. The number of ether oxygens (including phenoxy) is 1. The van der Waals surface area contributed by atoms with Crippen LogP contribution in [0.5, 0.6) is 0 Å². The second-order valence-electron chi connectivity index (χ2n) is 10.5. The van der Waals surface area contributed by atoms with Crippen molar-refractivity contribution in [1.29, 1.82) is 0 Å². The first-order chi connectivity index (χ1) is 20.5. The summed E-state index contributed by atoms with van der Waals surface area (Å²) in [5.74, 6) is 1.76. The molecule has 3 aromatic heterocycles. The molecule has 0 radical (unpaired) electrons. The van der Waals surface area contributed by atoms with Gasteiger partial charge in [0.05, 0.1) is 22.8 Å². The first-order valence-electron chi connectivity index (χ1n) is 13.8. The van der Waals surface area contributed by atoms with Crippen LogP contribution in [0.3, 0.4) is 0 Å². The van der Waals surface area contributed by atoms with Crippen LogP contribution in [0.1, 0.15) is 42.9 Å². The lowest BCUT2D eigenvalue weighted by Gasteiger charge is -2.32. The fourth-order valence-corrected chi connectivity index (χ4v) is 5.86. The Balaban J connectivity index is 0.978. The van der Waals surface area contributed by atoms with Gasteiger partial charge < -0.3 is 14.2 Å². The fraction of sp³-hybridized carbons (Fsp3) is 0.300. The average molecular weight is 605 g/mol. The molecule has 1 aliphatic carbocycles. The smallest absolute Gasteiger partial charge is 0.373 e. The van der Waals surface area contributed by atoms with Crippen molar-refractivity contribution in [3.05, 3.63) is 86.8 Å². The number of hydrogen-bond acceptors (Lipinski definition) is 9. The minimum Gasteiger partial charge on any atom is -0.373 e. The topological polar surface area (TPSA) is 123 Å². The molecule has 0 atom stereocenters. The van der Waals surface area contributed by atoms with Gasteiger partial charge in [-0.2, -0.15) is 0 Å². The third-order valence-electron chi connectivity index (χ3n) is 7.72. The number of nitrogens with zero attached hydrogens (tertiary/aromatic N) is 5.